The van der Waals surface area contributed by atoms with Crippen molar-refractivity contribution >= 4 is 6.08 Å². The Morgan fingerprint density at radius 3 is 2.93 bits per heavy atom. The molecule has 3 nitrogen and oxygen atoms in total. The highest BCUT2D eigenvalue weighted by molar-refractivity contribution is 5.43. The van der Waals surface area contributed by atoms with E-state index in [1.54, 1.807) is 0 Å². The number of rotatable bonds is 5. The molecule has 14 heavy (non-hydrogen) atoms. The first-order valence-electron chi connectivity index (χ1n) is 5.08. The van der Waals surface area contributed by atoms with Gasteiger partial charge in [0.15, 0.2) is 0 Å². The zero-order valence-electron chi connectivity index (χ0n) is 9.20. The maximum Gasteiger partial charge on any atom is 0.0847 e. The van der Waals surface area contributed by atoms with Gasteiger partial charge >= 0.3 is 0 Å². The van der Waals surface area contributed by atoms with Crippen LogP contribution in [0.2, 0.25) is 0 Å². The maximum atomic E-state index is 4.25. The van der Waals surface area contributed by atoms with E-state index in [4.69, 9.17) is 0 Å². The lowest BCUT2D eigenvalue weighted by Gasteiger charge is -2.04. The molecule has 0 amide bonds. The summed E-state index contributed by atoms with van der Waals surface area (Å²) in [7, 11) is 1.93. The van der Waals surface area contributed by atoms with Crippen LogP contribution in [-0.2, 0) is 7.05 Å². The van der Waals surface area contributed by atoms with E-state index in [9.17, 15) is 0 Å². The molecular weight excluding hydrogens is 174 g/mol. The van der Waals surface area contributed by atoms with Crippen molar-refractivity contribution in [3.63, 3.8) is 0 Å². The highest BCUT2D eigenvalue weighted by Crippen LogP contribution is 1.97. The largest absolute Gasteiger partial charge is 0.314 e. The molecule has 0 saturated carbocycles. The van der Waals surface area contributed by atoms with Crippen molar-refractivity contribution in [2.45, 2.75) is 26.3 Å². The quantitative estimate of drug-likeness (QED) is 0.723. The Balaban J connectivity index is 2.21. The molecule has 1 N–H and O–H groups in total. The van der Waals surface area contributed by atoms with Crippen molar-refractivity contribution in [1.82, 2.24) is 15.1 Å². The minimum Gasteiger partial charge on any atom is -0.314 e. The number of hydrogen-bond acceptors (Lipinski definition) is 2. The molecule has 1 aromatic rings. The van der Waals surface area contributed by atoms with Crippen LogP contribution >= 0.6 is 0 Å². The summed E-state index contributed by atoms with van der Waals surface area (Å²) in [6, 6.07) is 2.57. The van der Waals surface area contributed by atoms with E-state index in [-0.39, 0.29) is 0 Å². The number of nitrogens with zero attached hydrogens (tertiary/aromatic N) is 2. The number of aromatic nitrogens is 2. The molecule has 0 aliphatic rings. The van der Waals surface area contributed by atoms with E-state index in [0.29, 0.717) is 6.04 Å². The number of nitrogens with one attached hydrogen (secondary N) is 1. The lowest BCUT2D eigenvalue weighted by Crippen LogP contribution is -2.23. The van der Waals surface area contributed by atoms with E-state index >= 15 is 0 Å². The van der Waals surface area contributed by atoms with Crippen LogP contribution < -0.4 is 5.32 Å². The summed E-state index contributed by atoms with van der Waals surface area (Å²) < 4.78 is 1.81. The molecule has 0 saturated heterocycles. The Kier molecular flexibility index (Phi) is 4.40. The van der Waals surface area contributed by atoms with Crippen LogP contribution in [0.3, 0.4) is 0 Å². The molecule has 0 aromatic carbocycles. The molecule has 0 unspecified atom stereocenters. The van der Waals surface area contributed by atoms with Crippen molar-refractivity contribution < 1.29 is 0 Å². The summed E-state index contributed by atoms with van der Waals surface area (Å²) in [6.45, 7) is 5.34. The Morgan fingerprint density at radius 1 is 1.57 bits per heavy atom. The van der Waals surface area contributed by atoms with Crippen molar-refractivity contribution in [3.8, 4) is 0 Å². The third-order valence-corrected chi connectivity index (χ3v) is 1.89. The van der Waals surface area contributed by atoms with Gasteiger partial charge in [0.2, 0.25) is 0 Å². The molecule has 0 spiro atoms. The molecule has 3 heteroatoms. The molecule has 0 fully saturated rings. The van der Waals surface area contributed by atoms with E-state index < -0.39 is 0 Å². The van der Waals surface area contributed by atoms with E-state index in [0.717, 1.165) is 18.7 Å². The first-order chi connectivity index (χ1) is 6.68. The molecular formula is C11H19N3. The van der Waals surface area contributed by atoms with Gasteiger partial charge < -0.3 is 5.32 Å². The summed E-state index contributed by atoms with van der Waals surface area (Å²) >= 11 is 0. The Hall–Kier alpha value is -1.09. The molecule has 0 atom stereocenters. The van der Waals surface area contributed by atoms with Crippen molar-refractivity contribution in [2.24, 2.45) is 7.05 Å². The molecule has 0 radical (unpaired) electrons. The van der Waals surface area contributed by atoms with Crippen molar-refractivity contribution in [2.75, 3.05) is 6.54 Å². The zero-order chi connectivity index (χ0) is 10.4. The fourth-order valence-electron chi connectivity index (χ4n) is 1.18. The monoisotopic (exact) mass is 193 g/mol. The molecule has 0 aliphatic carbocycles. The first kappa shape index (κ1) is 11.0. The van der Waals surface area contributed by atoms with Crippen LogP contribution in [0.4, 0.5) is 0 Å². The topological polar surface area (TPSA) is 29.9 Å². The normalized spacial score (nSPS) is 11.7. The fourth-order valence-corrected chi connectivity index (χ4v) is 1.18. The van der Waals surface area contributed by atoms with Crippen LogP contribution in [-0.4, -0.2) is 22.4 Å². The molecule has 0 aliphatic heterocycles. The highest BCUT2D eigenvalue weighted by atomic mass is 15.2. The van der Waals surface area contributed by atoms with Gasteiger partial charge in [-0.3, -0.25) is 4.68 Å². The fraction of sp³-hybridized carbons (Fsp3) is 0.545. The van der Waals surface area contributed by atoms with Gasteiger partial charge in [-0.2, -0.15) is 5.10 Å². The SMILES string of the molecule is CC(C)NCC/C=C/c1ccn(C)n1. The van der Waals surface area contributed by atoms with Crippen LogP contribution in [0.25, 0.3) is 6.08 Å². The van der Waals surface area contributed by atoms with Gasteiger partial charge in [-0.15, -0.1) is 0 Å². The number of hydrogen-bond donors (Lipinski definition) is 1. The Labute approximate surface area is 85.8 Å². The summed E-state index contributed by atoms with van der Waals surface area (Å²) in [6.07, 6.45) is 7.21. The zero-order valence-corrected chi connectivity index (χ0v) is 9.20. The molecule has 0 bridgehead atoms. The summed E-state index contributed by atoms with van der Waals surface area (Å²) in [5.74, 6) is 0. The Bertz CT molecular complexity index is 286. The van der Waals surface area contributed by atoms with Gasteiger partial charge in [0.1, 0.15) is 0 Å². The van der Waals surface area contributed by atoms with Gasteiger partial charge in [-0.05, 0) is 25.1 Å². The molecule has 1 rings (SSSR count). The Morgan fingerprint density at radius 2 is 2.36 bits per heavy atom. The smallest absolute Gasteiger partial charge is 0.0847 e. The second-order valence-corrected chi connectivity index (χ2v) is 3.71. The average molecular weight is 193 g/mol. The highest BCUT2D eigenvalue weighted by Gasteiger charge is 1.90. The maximum absolute atomic E-state index is 4.25. The minimum absolute atomic E-state index is 0.568. The summed E-state index contributed by atoms with van der Waals surface area (Å²) in [5, 5.41) is 7.61. The molecule has 1 aromatic heterocycles. The van der Waals surface area contributed by atoms with Gasteiger partial charge in [-0.1, -0.05) is 19.9 Å². The van der Waals surface area contributed by atoms with Gasteiger partial charge in [0.25, 0.3) is 0 Å². The second kappa shape index (κ2) is 5.60. The molecule has 1 heterocycles. The molecule has 78 valence electrons. The van der Waals surface area contributed by atoms with Crippen LogP contribution in [0.1, 0.15) is 26.0 Å². The predicted molar refractivity (Wildman–Crippen MR) is 60.0 cm³/mol. The lowest BCUT2D eigenvalue weighted by molar-refractivity contribution is 0.595. The van der Waals surface area contributed by atoms with E-state index in [1.807, 2.05) is 24.0 Å². The van der Waals surface area contributed by atoms with Gasteiger partial charge in [0.05, 0.1) is 5.69 Å². The van der Waals surface area contributed by atoms with E-state index in [1.165, 1.54) is 0 Å². The first-order valence-corrected chi connectivity index (χ1v) is 5.08. The lowest BCUT2D eigenvalue weighted by atomic mass is 10.3. The third kappa shape index (κ3) is 4.23. The predicted octanol–water partition coefficient (Wildman–Crippen LogP) is 1.82. The third-order valence-electron chi connectivity index (χ3n) is 1.89. The van der Waals surface area contributed by atoms with Crippen molar-refractivity contribution in [1.29, 1.82) is 0 Å². The van der Waals surface area contributed by atoms with Crippen LogP contribution in [0.5, 0.6) is 0 Å². The van der Waals surface area contributed by atoms with E-state index in [2.05, 4.69) is 36.4 Å². The van der Waals surface area contributed by atoms with Crippen LogP contribution in [0.15, 0.2) is 18.3 Å². The summed E-state index contributed by atoms with van der Waals surface area (Å²) in [4.78, 5) is 0. The van der Waals surface area contributed by atoms with Gasteiger partial charge in [0, 0.05) is 19.3 Å². The summed E-state index contributed by atoms with van der Waals surface area (Å²) in [5.41, 5.74) is 1.03. The average Bonchev–Trinajstić information content (AvgIpc) is 2.50. The van der Waals surface area contributed by atoms with Gasteiger partial charge in [-0.25, -0.2) is 0 Å². The van der Waals surface area contributed by atoms with Crippen LogP contribution in [0, 0.1) is 0 Å². The van der Waals surface area contributed by atoms with Crippen molar-refractivity contribution in [3.05, 3.63) is 24.0 Å². The number of aryl methyl sites for hydroxylation is 1. The standard InChI is InChI=1S/C11H19N3/c1-10(2)12-8-5-4-6-11-7-9-14(3)13-11/h4,6-7,9-10,12H,5,8H2,1-3H3/b6-4+. The minimum atomic E-state index is 0.568. The second-order valence-electron chi connectivity index (χ2n) is 3.71.